The molecule has 1 saturated heterocycles. The van der Waals surface area contributed by atoms with Gasteiger partial charge >= 0.3 is 0 Å². The van der Waals surface area contributed by atoms with E-state index in [1.54, 1.807) is 0 Å². The highest BCUT2D eigenvalue weighted by atomic mass is 79.9. The van der Waals surface area contributed by atoms with Crippen molar-refractivity contribution in [3.8, 4) is 0 Å². The van der Waals surface area contributed by atoms with E-state index in [4.69, 9.17) is 4.74 Å². The van der Waals surface area contributed by atoms with Crippen LogP contribution < -0.4 is 5.32 Å². The molecule has 84 valence electrons. The van der Waals surface area contributed by atoms with Crippen LogP contribution in [0, 0.1) is 6.92 Å². The van der Waals surface area contributed by atoms with Gasteiger partial charge in [0.2, 0.25) is 0 Å². The molecule has 0 aliphatic carbocycles. The smallest absolute Gasteiger partial charge is 0.0662 e. The van der Waals surface area contributed by atoms with Crippen LogP contribution in [0.4, 0.5) is 0 Å². The van der Waals surface area contributed by atoms with Crippen molar-refractivity contribution >= 4 is 28.3 Å². The molecule has 1 fully saturated rings. The lowest BCUT2D eigenvalue weighted by atomic mass is 10.0. The molecule has 2 nitrogen and oxygen atoms in total. The van der Waals surface area contributed by atoms with Crippen LogP contribution in [-0.4, -0.2) is 19.8 Å². The Morgan fingerprint density at radius 2 is 2.27 bits per heavy atom. The zero-order chi connectivity index (χ0) is 9.97. The van der Waals surface area contributed by atoms with Crippen molar-refractivity contribution in [1.82, 2.24) is 5.32 Å². The predicted molar refractivity (Wildman–Crippen MR) is 67.7 cm³/mol. The summed E-state index contributed by atoms with van der Waals surface area (Å²) in [7, 11) is 0. The highest BCUT2D eigenvalue weighted by Gasteiger charge is 2.16. The van der Waals surface area contributed by atoms with Crippen molar-refractivity contribution in [3.05, 3.63) is 33.8 Å². The molecule has 1 heterocycles. The molecule has 1 aliphatic heterocycles. The van der Waals surface area contributed by atoms with Crippen molar-refractivity contribution in [2.24, 2.45) is 0 Å². The SMILES string of the molecule is Cc1ccc(Br)cc1[C@H]1COCCN1.Cl. The van der Waals surface area contributed by atoms with Crippen LogP contribution in [0.15, 0.2) is 22.7 Å². The van der Waals surface area contributed by atoms with Gasteiger partial charge in [-0.1, -0.05) is 22.0 Å². The van der Waals surface area contributed by atoms with E-state index < -0.39 is 0 Å². The number of aryl methyl sites for hydroxylation is 1. The monoisotopic (exact) mass is 291 g/mol. The molecule has 1 aromatic rings. The third-order valence-corrected chi connectivity index (χ3v) is 3.03. The number of hydrogen-bond acceptors (Lipinski definition) is 2. The Morgan fingerprint density at radius 1 is 1.47 bits per heavy atom. The maximum Gasteiger partial charge on any atom is 0.0662 e. The number of halogens is 2. The van der Waals surface area contributed by atoms with Gasteiger partial charge in [-0.05, 0) is 30.2 Å². The second-order valence-electron chi connectivity index (χ2n) is 3.58. The first-order valence-corrected chi connectivity index (χ1v) is 5.64. The first kappa shape index (κ1) is 13.0. The summed E-state index contributed by atoms with van der Waals surface area (Å²) in [6.07, 6.45) is 0. The van der Waals surface area contributed by atoms with Gasteiger partial charge in [0.1, 0.15) is 0 Å². The summed E-state index contributed by atoms with van der Waals surface area (Å²) < 4.78 is 6.58. The van der Waals surface area contributed by atoms with E-state index in [2.05, 4.69) is 46.4 Å². The van der Waals surface area contributed by atoms with Crippen LogP contribution in [0.25, 0.3) is 0 Å². The van der Waals surface area contributed by atoms with Gasteiger partial charge in [0.15, 0.2) is 0 Å². The van der Waals surface area contributed by atoms with E-state index in [0.29, 0.717) is 6.04 Å². The summed E-state index contributed by atoms with van der Waals surface area (Å²) in [6, 6.07) is 6.72. The Morgan fingerprint density at radius 3 is 2.93 bits per heavy atom. The summed E-state index contributed by atoms with van der Waals surface area (Å²) in [5.41, 5.74) is 2.65. The molecule has 1 N–H and O–H groups in total. The fourth-order valence-electron chi connectivity index (χ4n) is 1.75. The van der Waals surface area contributed by atoms with E-state index in [0.717, 1.165) is 24.2 Å². The number of benzene rings is 1. The van der Waals surface area contributed by atoms with Gasteiger partial charge < -0.3 is 10.1 Å². The molecule has 4 heteroatoms. The summed E-state index contributed by atoms with van der Waals surface area (Å²) in [5, 5.41) is 3.46. The minimum Gasteiger partial charge on any atom is -0.378 e. The van der Waals surface area contributed by atoms with Gasteiger partial charge in [0.25, 0.3) is 0 Å². The normalized spacial score (nSPS) is 20.8. The van der Waals surface area contributed by atoms with Crippen LogP contribution in [-0.2, 0) is 4.74 Å². The van der Waals surface area contributed by atoms with Crippen molar-refractivity contribution in [2.75, 3.05) is 19.8 Å². The molecule has 1 aromatic carbocycles. The topological polar surface area (TPSA) is 21.3 Å². The molecular weight excluding hydrogens is 277 g/mol. The van der Waals surface area contributed by atoms with Gasteiger partial charge in [0.05, 0.1) is 19.3 Å². The Hall–Kier alpha value is -0.0900. The lowest BCUT2D eigenvalue weighted by Gasteiger charge is -2.25. The Balaban J connectivity index is 0.00000112. The van der Waals surface area contributed by atoms with Crippen LogP contribution in [0.2, 0.25) is 0 Å². The third-order valence-electron chi connectivity index (χ3n) is 2.54. The average Bonchev–Trinajstić information content (AvgIpc) is 2.23. The van der Waals surface area contributed by atoms with Crippen LogP contribution in [0.1, 0.15) is 17.2 Å². The molecular formula is C11H15BrClNO. The van der Waals surface area contributed by atoms with Crippen LogP contribution in [0.5, 0.6) is 0 Å². The van der Waals surface area contributed by atoms with Crippen molar-refractivity contribution in [3.63, 3.8) is 0 Å². The predicted octanol–water partition coefficient (Wildman–Crippen LogP) is 2.84. The molecule has 0 bridgehead atoms. The number of morpholine rings is 1. The first-order chi connectivity index (χ1) is 6.77. The van der Waals surface area contributed by atoms with E-state index >= 15 is 0 Å². The van der Waals surface area contributed by atoms with Crippen molar-refractivity contribution in [2.45, 2.75) is 13.0 Å². The quantitative estimate of drug-likeness (QED) is 0.859. The molecule has 1 atom stereocenters. The Labute approximate surface area is 105 Å². The second kappa shape index (κ2) is 5.85. The number of ether oxygens (including phenoxy) is 1. The molecule has 0 amide bonds. The zero-order valence-electron chi connectivity index (χ0n) is 8.63. The molecule has 1 aliphatic rings. The Kier molecular flexibility index (Phi) is 5.06. The maximum absolute atomic E-state index is 5.45. The van der Waals surface area contributed by atoms with E-state index in [-0.39, 0.29) is 12.4 Å². The minimum absolute atomic E-state index is 0. The molecule has 15 heavy (non-hydrogen) atoms. The van der Waals surface area contributed by atoms with Gasteiger partial charge in [-0.15, -0.1) is 12.4 Å². The van der Waals surface area contributed by atoms with Crippen molar-refractivity contribution < 1.29 is 4.74 Å². The van der Waals surface area contributed by atoms with Crippen LogP contribution >= 0.6 is 28.3 Å². The van der Waals surface area contributed by atoms with E-state index in [9.17, 15) is 0 Å². The summed E-state index contributed by atoms with van der Waals surface area (Å²) >= 11 is 3.49. The average molecular weight is 293 g/mol. The van der Waals surface area contributed by atoms with Crippen molar-refractivity contribution in [1.29, 1.82) is 0 Å². The number of nitrogens with one attached hydrogen (secondary N) is 1. The van der Waals surface area contributed by atoms with Gasteiger partial charge in [-0.3, -0.25) is 0 Å². The molecule has 0 spiro atoms. The number of rotatable bonds is 1. The third kappa shape index (κ3) is 3.18. The molecule has 0 radical (unpaired) electrons. The standard InChI is InChI=1S/C11H14BrNO.ClH/c1-8-2-3-9(12)6-10(8)11-7-14-5-4-13-11;/h2-3,6,11,13H,4-5,7H2,1H3;1H/t11-;/m1./s1. The fourth-order valence-corrected chi connectivity index (χ4v) is 2.13. The highest BCUT2D eigenvalue weighted by molar-refractivity contribution is 9.10. The minimum atomic E-state index is 0. The first-order valence-electron chi connectivity index (χ1n) is 4.84. The number of hydrogen-bond donors (Lipinski definition) is 1. The van der Waals surface area contributed by atoms with Crippen LogP contribution in [0.3, 0.4) is 0 Å². The Bertz CT molecular complexity index is 326. The largest absolute Gasteiger partial charge is 0.378 e. The highest BCUT2D eigenvalue weighted by Crippen LogP contribution is 2.23. The van der Waals surface area contributed by atoms with E-state index in [1.807, 2.05) is 0 Å². The van der Waals surface area contributed by atoms with Gasteiger partial charge in [0, 0.05) is 11.0 Å². The lowest BCUT2D eigenvalue weighted by Crippen LogP contribution is -2.34. The maximum atomic E-state index is 5.45. The fraction of sp³-hybridized carbons (Fsp3) is 0.455. The summed E-state index contributed by atoms with van der Waals surface area (Å²) in [4.78, 5) is 0. The summed E-state index contributed by atoms with van der Waals surface area (Å²) in [6.45, 7) is 4.68. The zero-order valence-corrected chi connectivity index (χ0v) is 11.0. The molecule has 0 unspecified atom stereocenters. The molecule has 0 aromatic heterocycles. The summed E-state index contributed by atoms with van der Waals surface area (Å²) in [5.74, 6) is 0. The molecule has 2 rings (SSSR count). The van der Waals surface area contributed by atoms with E-state index in [1.165, 1.54) is 11.1 Å². The second-order valence-corrected chi connectivity index (χ2v) is 4.50. The molecule has 0 saturated carbocycles. The van der Waals surface area contributed by atoms with Gasteiger partial charge in [-0.2, -0.15) is 0 Å². The van der Waals surface area contributed by atoms with Gasteiger partial charge in [-0.25, -0.2) is 0 Å². The lowest BCUT2D eigenvalue weighted by molar-refractivity contribution is 0.0767.